The van der Waals surface area contributed by atoms with Crippen molar-refractivity contribution in [1.29, 1.82) is 0 Å². The number of nitrogens with two attached hydrogens (primary N) is 1. The van der Waals surface area contributed by atoms with Gasteiger partial charge in [0.05, 0.1) is 5.75 Å². The van der Waals surface area contributed by atoms with Crippen LogP contribution in [0.5, 0.6) is 5.75 Å². The summed E-state index contributed by atoms with van der Waals surface area (Å²) in [5, 5.41) is 8.04. The highest BCUT2D eigenvalue weighted by Crippen LogP contribution is 2.23. The van der Waals surface area contributed by atoms with Crippen LogP contribution in [0, 0.1) is 0 Å². The van der Waals surface area contributed by atoms with Gasteiger partial charge in [-0.05, 0) is 35.4 Å². The number of ether oxygens (including phenoxy) is 1. The molecule has 0 amide bonds. The third kappa shape index (κ3) is 6.47. The summed E-state index contributed by atoms with van der Waals surface area (Å²) in [4.78, 5) is 0. The van der Waals surface area contributed by atoms with Gasteiger partial charge in [0.25, 0.3) is 0 Å². The molecule has 0 aliphatic carbocycles. The third-order valence-electron chi connectivity index (χ3n) is 2.98. The number of nitrogens with one attached hydrogen (secondary N) is 1. The molecule has 0 saturated carbocycles. The van der Waals surface area contributed by atoms with E-state index in [1.165, 1.54) is 24.3 Å². The lowest BCUT2D eigenvalue weighted by Crippen LogP contribution is -2.17. The quantitative estimate of drug-likeness (QED) is 0.830. The molecule has 9 heteroatoms. The van der Waals surface area contributed by atoms with Gasteiger partial charge in [-0.15, -0.1) is 13.2 Å². The van der Waals surface area contributed by atoms with Crippen LogP contribution >= 0.6 is 0 Å². The lowest BCUT2D eigenvalue weighted by molar-refractivity contribution is -0.274. The predicted octanol–water partition coefficient (Wildman–Crippen LogP) is 2.99. The summed E-state index contributed by atoms with van der Waals surface area (Å²) in [6.07, 6.45) is -4.71. The molecule has 2 rings (SSSR count). The molecule has 0 radical (unpaired) electrons. The van der Waals surface area contributed by atoms with Crippen molar-refractivity contribution in [3.05, 3.63) is 59.7 Å². The van der Waals surface area contributed by atoms with Gasteiger partial charge in [0.1, 0.15) is 5.75 Å². The van der Waals surface area contributed by atoms with Gasteiger partial charge in [-0.2, -0.15) is 0 Å². The van der Waals surface area contributed by atoms with Gasteiger partial charge in [0.2, 0.25) is 10.0 Å². The normalized spacial score (nSPS) is 12.0. The number of anilines is 1. The number of rotatable bonds is 6. The van der Waals surface area contributed by atoms with Crippen LogP contribution in [0.25, 0.3) is 0 Å². The fourth-order valence-electron chi connectivity index (χ4n) is 1.96. The molecule has 2 aromatic carbocycles. The number of sulfonamides is 1. The Hall–Kier alpha value is -2.26. The maximum atomic E-state index is 12.1. The molecule has 0 aliphatic heterocycles. The van der Waals surface area contributed by atoms with E-state index in [2.05, 4.69) is 10.1 Å². The summed E-state index contributed by atoms with van der Waals surface area (Å²) < 4.78 is 62.0. The maximum Gasteiger partial charge on any atom is 0.573 e. The van der Waals surface area contributed by atoms with E-state index in [0.29, 0.717) is 12.1 Å². The van der Waals surface area contributed by atoms with Crippen LogP contribution in [0.4, 0.5) is 18.9 Å². The Bertz CT molecular complexity index is 773. The third-order valence-corrected chi connectivity index (χ3v) is 3.71. The zero-order chi connectivity index (χ0) is 17.8. The molecule has 0 aromatic heterocycles. The summed E-state index contributed by atoms with van der Waals surface area (Å²) in [5.74, 6) is -0.521. The summed E-state index contributed by atoms with van der Waals surface area (Å²) in [7, 11) is -3.57. The molecular formula is C15H15F3N2O3S. The molecule has 0 saturated heterocycles. The van der Waals surface area contributed by atoms with E-state index in [1.54, 1.807) is 24.3 Å². The largest absolute Gasteiger partial charge is 0.573 e. The molecule has 0 atom stereocenters. The van der Waals surface area contributed by atoms with Gasteiger partial charge in [-0.3, -0.25) is 0 Å². The van der Waals surface area contributed by atoms with Crippen LogP contribution in [-0.2, 0) is 22.3 Å². The highest BCUT2D eigenvalue weighted by molar-refractivity contribution is 7.88. The topological polar surface area (TPSA) is 81.4 Å². The van der Waals surface area contributed by atoms with Crippen LogP contribution in [0.3, 0.4) is 0 Å². The number of benzene rings is 2. The van der Waals surface area contributed by atoms with Gasteiger partial charge in [-0.25, -0.2) is 13.6 Å². The highest BCUT2D eigenvalue weighted by atomic mass is 32.2. The minimum Gasteiger partial charge on any atom is -0.406 e. The van der Waals surface area contributed by atoms with Crippen LogP contribution < -0.4 is 15.2 Å². The molecule has 0 fully saturated rings. The first-order chi connectivity index (χ1) is 11.1. The van der Waals surface area contributed by atoms with Crippen LogP contribution in [-0.4, -0.2) is 14.8 Å². The van der Waals surface area contributed by atoms with Gasteiger partial charge in [0, 0.05) is 12.2 Å². The molecule has 2 aromatic rings. The van der Waals surface area contributed by atoms with Crippen molar-refractivity contribution >= 4 is 15.7 Å². The first-order valence-electron chi connectivity index (χ1n) is 6.79. The Morgan fingerprint density at radius 3 is 2.00 bits per heavy atom. The van der Waals surface area contributed by atoms with Gasteiger partial charge in [0.15, 0.2) is 0 Å². The van der Waals surface area contributed by atoms with Crippen molar-refractivity contribution in [2.24, 2.45) is 5.14 Å². The molecule has 0 heterocycles. The van der Waals surface area contributed by atoms with Gasteiger partial charge < -0.3 is 10.1 Å². The van der Waals surface area contributed by atoms with E-state index in [4.69, 9.17) is 5.14 Å². The standard InChI is InChI=1S/C15H15F3N2O3S/c16-15(17,18)23-14-7-3-11(4-8-14)9-20-13-5-1-12(2-6-13)10-24(19,21)22/h1-8,20H,9-10H2,(H2,19,21,22). The predicted molar refractivity (Wildman–Crippen MR) is 83.7 cm³/mol. The lowest BCUT2D eigenvalue weighted by Gasteiger charge is -2.10. The monoisotopic (exact) mass is 360 g/mol. The minimum absolute atomic E-state index is 0.242. The van der Waals surface area contributed by atoms with E-state index >= 15 is 0 Å². The van der Waals surface area contributed by atoms with Crippen molar-refractivity contribution < 1.29 is 26.3 Å². The first kappa shape index (κ1) is 18.1. The number of alkyl halides is 3. The van der Waals surface area contributed by atoms with E-state index in [0.717, 1.165) is 11.3 Å². The molecule has 0 aliphatic rings. The molecule has 0 bridgehead atoms. The summed E-state index contributed by atoms with van der Waals surface area (Å²) >= 11 is 0. The molecule has 24 heavy (non-hydrogen) atoms. The summed E-state index contributed by atoms with van der Waals surface area (Å²) in [6, 6.07) is 12.2. The minimum atomic E-state index is -4.71. The van der Waals surface area contributed by atoms with E-state index in [-0.39, 0.29) is 11.5 Å². The van der Waals surface area contributed by atoms with E-state index < -0.39 is 16.4 Å². The van der Waals surface area contributed by atoms with Crippen molar-refractivity contribution in [1.82, 2.24) is 0 Å². The van der Waals surface area contributed by atoms with Gasteiger partial charge in [-0.1, -0.05) is 24.3 Å². The smallest absolute Gasteiger partial charge is 0.406 e. The summed E-state index contributed by atoms with van der Waals surface area (Å²) in [6.45, 7) is 0.390. The van der Waals surface area contributed by atoms with Crippen molar-refractivity contribution in [3.63, 3.8) is 0 Å². The van der Waals surface area contributed by atoms with Gasteiger partial charge >= 0.3 is 6.36 Å². The average molecular weight is 360 g/mol. The number of hydrogen-bond acceptors (Lipinski definition) is 4. The second-order valence-electron chi connectivity index (χ2n) is 5.05. The molecule has 0 spiro atoms. The molecule has 130 valence electrons. The molecule has 5 nitrogen and oxygen atoms in total. The maximum absolute atomic E-state index is 12.1. The highest BCUT2D eigenvalue weighted by Gasteiger charge is 2.30. The average Bonchev–Trinajstić information content (AvgIpc) is 2.45. The fraction of sp³-hybridized carbons (Fsp3) is 0.200. The Labute approximate surface area is 137 Å². The molecular weight excluding hydrogens is 345 g/mol. The number of hydrogen-bond donors (Lipinski definition) is 2. The van der Waals surface area contributed by atoms with Crippen molar-refractivity contribution in [2.75, 3.05) is 5.32 Å². The van der Waals surface area contributed by atoms with Crippen molar-refractivity contribution in [3.8, 4) is 5.75 Å². The second-order valence-corrected chi connectivity index (χ2v) is 6.66. The number of halogens is 3. The Morgan fingerprint density at radius 2 is 1.50 bits per heavy atom. The van der Waals surface area contributed by atoms with Crippen LogP contribution in [0.1, 0.15) is 11.1 Å². The van der Waals surface area contributed by atoms with Crippen molar-refractivity contribution in [2.45, 2.75) is 18.7 Å². The fourth-order valence-corrected chi connectivity index (χ4v) is 2.62. The molecule has 3 N–H and O–H groups in total. The van der Waals surface area contributed by atoms with Crippen LogP contribution in [0.2, 0.25) is 0 Å². The summed E-state index contributed by atoms with van der Waals surface area (Å²) in [5.41, 5.74) is 2.07. The lowest BCUT2D eigenvalue weighted by atomic mass is 10.2. The number of primary sulfonamides is 1. The molecule has 0 unspecified atom stereocenters. The Balaban J connectivity index is 1.91. The van der Waals surface area contributed by atoms with E-state index in [9.17, 15) is 21.6 Å². The zero-order valence-corrected chi connectivity index (χ0v) is 13.2. The Kier molecular flexibility index (Phi) is 5.35. The first-order valence-corrected chi connectivity index (χ1v) is 8.50. The Morgan fingerprint density at radius 1 is 0.958 bits per heavy atom. The van der Waals surface area contributed by atoms with Crippen LogP contribution in [0.15, 0.2) is 48.5 Å². The SMILES string of the molecule is NS(=O)(=O)Cc1ccc(NCc2ccc(OC(F)(F)F)cc2)cc1. The van der Waals surface area contributed by atoms with E-state index in [1.807, 2.05) is 0 Å². The zero-order valence-electron chi connectivity index (χ0n) is 12.4. The second kappa shape index (κ2) is 7.10.